The van der Waals surface area contributed by atoms with Crippen LogP contribution in [0, 0.1) is 17.2 Å². The summed E-state index contributed by atoms with van der Waals surface area (Å²) in [7, 11) is 0. The third kappa shape index (κ3) is 2.82. The Kier molecular flexibility index (Phi) is 3.42. The molecule has 0 unspecified atom stereocenters. The zero-order valence-electron chi connectivity index (χ0n) is 9.94. The zero-order chi connectivity index (χ0) is 14.1. The first-order valence-electron chi connectivity index (χ1n) is 5.77. The van der Waals surface area contributed by atoms with Gasteiger partial charge in [0.05, 0.1) is 11.5 Å². The van der Waals surface area contributed by atoms with Crippen LogP contribution in [0.3, 0.4) is 0 Å². The van der Waals surface area contributed by atoms with Crippen LogP contribution in [0.4, 0.5) is 13.2 Å². The summed E-state index contributed by atoms with van der Waals surface area (Å²) < 4.78 is 39.8. The summed E-state index contributed by atoms with van der Waals surface area (Å²) >= 11 is 0. The molecule has 0 bridgehead atoms. The van der Waals surface area contributed by atoms with Gasteiger partial charge >= 0.3 is 6.36 Å². The molecule has 1 aromatic rings. The molecular weight excluding hydrogens is 259 g/mol. The summed E-state index contributed by atoms with van der Waals surface area (Å²) in [6, 6.07) is 7.53. The molecule has 6 heteroatoms. The van der Waals surface area contributed by atoms with Crippen LogP contribution >= 0.6 is 0 Å². The highest BCUT2D eigenvalue weighted by molar-refractivity contribution is 5.39. The molecule has 19 heavy (non-hydrogen) atoms. The fourth-order valence-corrected chi connectivity index (χ4v) is 2.42. The van der Waals surface area contributed by atoms with E-state index < -0.39 is 11.8 Å². The second kappa shape index (κ2) is 4.74. The van der Waals surface area contributed by atoms with Crippen molar-refractivity contribution in [2.24, 2.45) is 5.92 Å². The Balaban J connectivity index is 2.13. The number of hydrogen-bond donors (Lipinski definition) is 1. The summed E-state index contributed by atoms with van der Waals surface area (Å²) in [4.78, 5) is 0. The first-order chi connectivity index (χ1) is 8.88. The van der Waals surface area contributed by atoms with Crippen molar-refractivity contribution in [3.63, 3.8) is 0 Å². The molecule has 1 saturated carbocycles. The molecule has 0 saturated heterocycles. The molecule has 0 aromatic heterocycles. The normalized spacial score (nSPS) is 26.4. The molecule has 0 radical (unpaired) electrons. The maximum absolute atomic E-state index is 12.0. The molecule has 2 rings (SSSR count). The van der Waals surface area contributed by atoms with E-state index in [1.54, 1.807) is 0 Å². The summed E-state index contributed by atoms with van der Waals surface area (Å²) in [5.41, 5.74) is -0.0290. The van der Waals surface area contributed by atoms with Gasteiger partial charge in [0.25, 0.3) is 0 Å². The van der Waals surface area contributed by atoms with Gasteiger partial charge in [0, 0.05) is 6.61 Å². The molecule has 1 fully saturated rings. The van der Waals surface area contributed by atoms with E-state index in [0.717, 1.165) is 0 Å². The molecule has 1 aliphatic carbocycles. The quantitative estimate of drug-likeness (QED) is 0.919. The fourth-order valence-electron chi connectivity index (χ4n) is 2.42. The summed E-state index contributed by atoms with van der Waals surface area (Å²) in [5, 5.41) is 18.2. The highest BCUT2D eigenvalue weighted by atomic mass is 19.4. The maximum atomic E-state index is 12.0. The maximum Gasteiger partial charge on any atom is 0.573 e. The molecule has 3 nitrogen and oxygen atoms in total. The van der Waals surface area contributed by atoms with Crippen LogP contribution in [0.5, 0.6) is 5.75 Å². The molecule has 0 amide bonds. The minimum absolute atomic E-state index is 0.0265. The highest BCUT2D eigenvalue weighted by Gasteiger charge is 2.45. The highest BCUT2D eigenvalue weighted by Crippen LogP contribution is 2.47. The Hall–Kier alpha value is -1.74. The predicted octanol–water partition coefficient (Wildman–Crippen LogP) is 2.75. The van der Waals surface area contributed by atoms with E-state index in [1.807, 2.05) is 0 Å². The van der Waals surface area contributed by atoms with Crippen molar-refractivity contribution in [2.45, 2.75) is 24.6 Å². The van der Waals surface area contributed by atoms with Crippen molar-refractivity contribution in [3.05, 3.63) is 29.8 Å². The minimum atomic E-state index is -4.72. The van der Waals surface area contributed by atoms with E-state index in [-0.39, 0.29) is 18.3 Å². The number of alkyl halides is 3. The van der Waals surface area contributed by atoms with Crippen LogP contribution < -0.4 is 4.74 Å². The number of nitriles is 1. The Morgan fingerprint density at radius 1 is 1.32 bits per heavy atom. The molecule has 0 aliphatic heterocycles. The molecule has 0 spiro atoms. The van der Waals surface area contributed by atoms with Gasteiger partial charge in [-0.3, -0.25) is 0 Å². The van der Waals surface area contributed by atoms with Crippen LogP contribution in [0.2, 0.25) is 0 Å². The molecular formula is C13H12F3NO2. The third-order valence-corrected chi connectivity index (χ3v) is 3.39. The first-order valence-corrected chi connectivity index (χ1v) is 5.77. The van der Waals surface area contributed by atoms with Gasteiger partial charge < -0.3 is 9.84 Å². The standard InChI is InChI=1S/C13H12F3NO2/c14-13(15,16)19-11-3-1-10(2-4-11)12(8-17)5-9(6-12)7-18/h1-4,9,18H,5-7H2. The molecule has 0 atom stereocenters. The number of rotatable bonds is 3. The van der Waals surface area contributed by atoms with Crippen LogP contribution in [0.1, 0.15) is 18.4 Å². The van der Waals surface area contributed by atoms with Gasteiger partial charge in [-0.2, -0.15) is 5.26 Å². The van der Waals surface area contributed by atoms with Crippen molar-refractivity contribution in [1.29, 1.82) is 5.26 Å². The van der Waals surface area contributed by atoms with Crippen LogP contribution in [0.15, 0.2) is 24.3 Å². The van der Waals surface area contributed by atoms with Crippen molar-refractivity contribution in [3.8, 4) is 11.8 Å². The van der Waals surface area contributed by atoms with Gasteiger partial charge in [0.15, 0.2) is 0 Å². The third-order valence-electron chi connectivity index (χ3n) is 3.39. The SMILES string of the molecule is N#CC1(c2ccc(OC(F)(F)F)cc2)CC(CO)C1. The average Bonchev–Trinajstić information content (AvgIpc) is 2.29. The number of ether oxygens (including phenoxy) is 1. The number of halogens is 3. The van der Waals surface area contributed by atoms with E-state index >= 15 is 0 Å². The van der Waals surface area contributed by atoms with Gasteiger partial charge in [-0.15, -0.1) is 13.2 Å². The fraction of sp³-hybridized carbons (Fsp3) is 0.462. The number of benzene rings is 1. The molecule has 0 heterocycles. The molecule has 102 valence electrons. The van der Waals surface area contributed by atoms with Crippen molar-refractivity contribution in [1.82, 2.24) is 0 Å². The van der Waals surface area contributed by atoms with Crippen molar-refractivity contribution < 1.29 is 23.0 Å². The largest absolute Gasteiger partial charge is 0.573 e. The van der Waals surface area contributed by atoms with Crippen molar-refractivity contribution in [2.75, 3.05) is 6.61 Å². The monoisotopic (exact) mass is 271 g/mol. The van der Waals surface area contributed by atoms with Crippen LogP contribution in [-0.2, 0) is 5.41 Å². The number of hydrogen-bond acceptors (Lipinski definition) is 3. The summed E-state index contributed by atoms with van der Waals surface area (Å²) in [5.74, 6) is -0.215. The van der Waals surface area contributed by atoms with Gasteiger partial charge in [-0.05, 0) is 36.5 Å². The Bertz CT molecular complexity index is 484. The van der Waals surface area contributed by atoms with Crippen LogP contribution in [-0.4, -0.2) is 18.1 Å². The van der Waals surface area contributed by atoms with E-state index in [0.29, 0.717) is 18.4 Å². The van der Waals surface area contributed by atoms with Gasteiger partial charge in [0.1, 0.15) is 5.75 Å². The van der Waals surface area contributed by atoms with E-state index in [4.69, 9.17) is 5.11 Å². The lowest BCUT2D eigenvalue weighted by molar-refractivity contribution is -0.274. The number of aliphatic hydroxyl groups excluding tert-OH is 1. The van der Waals surface area contributed by atoms with E-state index in [2.05, 4.69) is 10.8 Å². The van der Waals surface area contributed by atoms with Gasteiger partial charge in [0.2, 0.25) is 0 Å². The zero-order valence-corrected chi connectivity index (χ0v) is 9.94. The molecule has 1 aromatic carbocycles. The summed E-state index contributed by atoms with van der Waals surface area (Å²) in [6.07, 6.45) is -3.66. The van der Waals surface area contributed by atoms with Crippen LogP contribution in [0.25, 0.3) is 0 Å². The van der Waals surface area contributed by atoms with E-state index in [1.165, 1.54) is 24.3 Å². The Labute approximate surface area is 108 Å². The number of aliphatic hydroxyl groups is 1. The first kappa shape index (κ1) is 13.7. The lowest BCUT2D eigenvalue weighted by atomic mass is 9.60. The second-order valence-corrected chi connectivity index (χ2v) is 4.72. The molecule has 1 aliphatic rings. The average molecular weight is 271 g/mol. The van der Waals surface area contributed by atoms with Crippen molar-refractivity contribution >= 4 is 0 Å². The molecule has 1 N–H and O–H groups in total. The smallest absolute Gasteiger partial charge is 0.406 e. The predicted molar refractivity (Wildman–Crippen MR) is 60.2 cm³/mol. The van der Waals surface area contributed by atoms with Gasteiger partial charge in [-0.25, -0.2) is 0 Å². The second-order valence-electron chi connectivity index (χ2n) is 4.72. The number of nitrogens with zero attached hydrogens (tertiary/aromatic N) is 1. The van der Waals surface area contributed by atoms with Gasteiger partial charge in [-0.1, -0.05) is 12.1 Å². The lowest BCUT2D eigenvalue weighted by Gasteiger charge is -2.42. The lowest BCUT2D eigenvalue weighted by Crippen LogP contribution is -2.41. The summed E-state index contributed by atoms with van der Waals surface area (Å²) in [6.45, 7) is 0.0265. The van der Waals surface area contributed by atoms with E-state index in [9.17, 15) is 18.4 Å². The minimum Gasteiger partial charge on any atom is -0.406 e. The Morgan fingerprint density at radius 3 is 2.32 bits per heavy atom. The Morgan fingerprint density at radius 2 is 1.89 bits per heavy atom. The topological polar surface area (TPSA) is 53.2 Å².